The summed E-state index contributed by atoms with van der Waals surface area (Å²) < 4.78 is 31.2. The van der Waals surface area contributed by atoms with Crippen molar-refractivity contribution in [2.24, 2.45) is 0 Å². The van der Waals surface area contributed by atoms with Crippen molar-refractivity contribution in [3.8, 4) is 5.75 Å². The third-order valence-electron chi connectivity index (χ3n) is 2.25. The van der Waals surface area contributed by atoms with E-state index in [0.29, 0.717) is 4.83 Å². The second-order valence-corrected chi connectivity index (χ2v) is 4.66. The lowest BCUT2D eigenvalue weighted by Crippen LogP contribution is -2.34. The van der Waals surface area contributed by atoms with Crippen molar-refractivity contribution < 1.29 is 13.5 Å². The lowest BCUT2D eigenvalue weighted by atomic mass is 9.96. The molecule has 2 rings (SSSR count). The zero-order valence-corrected chi connectivity index (χ0v) is 8.93. The van der Waals surface area contributed by atoms with E-state index in [1.807, 2.05) is 0 Å². The minimum atomic E-state index is -0.898. The molecule has 0 saturated heterocycles. The Hall–Kier alpha value is -0.640. The smallest absolute Gasteiger partial charge is 0.200 e. The number of benzene rings is 1. The molecule has 0 spiro atoms. The highest BCUT2D eigenvalue weighted by molar-refractivity contribution is 9.09. The van der Waals surface area contributed by atoms with Crippen LogP contribution >= 0.6 is 15.9 Å². The Kier molecular flexibility index (Phi) is 2.72. The van der Waals surface area contributed by atoms with Crippen molar-refractivity contribution in [2.45, 2.75) is 23.8 Å². The number of hydrogen-bond donors (Lipinski definition) is 0. The van der Waals surface area contributed by atoms with Crippen LogP contribution in [0.3, 0.4) is 0 Å². The number of rotatable bonds is 2. The molecule has 0 heterocycles. The van der Waals surface area contributed by atoms with E-state index < -0.39 is 11.6 Å². The highest BCUT2D eigenvalue weighted by Crippen LogP contribution is 2.32. The van der Waals surface area contributed by atoms with Crippen molar-refractivity contribution in [3.05, 3.63) is 29.8 Å². The second kappa shape index (κ2) is 3.85. The van der Waals surface area contributed by atoms with Gasteiger partial charge in [0.25, 0.3) is 0 Å². The average Bonchev–Trinajstić information content (AvgIpc) is 2.10. The first-order chi connectivity index (χ1) is 6.66. The summed E-state index contributed by atoms with van der Waals surface area (Å²) in [6, 6.07) is 3.97. The van der Waals surface area contributed by atoms with Gasteiger partial charge in [-0.05, 0) is 25.0 Å². The standard InChI is InChI=1S/C10H9BrF2O/c11-6-4-7(5-6)14-9-3-1-2-8(12)10(9)13/h1-3,6-7H,4-5H2. The number of halogens is 3. The van der Waals surface area contributed by atoms with Gasteiger partial charge in [0, 0.05) is 4.83 Å². The van der Waals surface area contributed by atoms with E-state index in [2.05, 4.69) is 15.9 Å². The molecule has 0 amide bonds. The van der Waals surface area contributed by atoms with Gasteiger partial charge in [-0.2, -0.15) is 4.39 Å². The van der Waals surface area contributed by atoms with Gasteiger partial charge in [0.2, 0.25) is 5.82 Å². The van der Waals surface area contributed by atoms with Crippen molar-refractivity contribution in [3.63, 3.8) is 0 Å². The molecular weight excluding hydrogens is 254 g/mol. The first-order valence-corrected chi connectivity index (χ1v) is 5.33. The summed E-state index contributed by atoms with van der Waals surface area (Å²) in [4.78, 5) is 0.448. The fourth-order valence-corrected chi connectivity index (χ4v) is 2.19. The van der Waals surface area contributed by atoms with Crippen LogP contribution in [0.25, 0.3) is 0 Å². The molecule has 1 aromatic carbocycles. The van der Waals surface area contributed by atoms with Crippen molar-refractivity contribution >= 4 is 15.9 Å². The molecule has 0 unspecified atom stereocenters. The van der Waals surface area contributed by atoms with Gasteiger partial charge in [0.1, 0.15) is 6.10 Å². The molecule has 0 bridgehead atoms. The Morgan fingerprint density at radius 1 is 1.29 bits per heavy atom. The van der Waals surface area contributed by atoms with Crippen LogP contribution in [0, 0.1) is 11.6 Å². The van der Waals surface area contributed by atoms with E-state index in [0.717, 1.165) is 18.9 Å². The SMILES string of the molecule is Fc1cccc(OC2CC(Br)C2)c1F. The van der Waals surface area contributed by atoms with Crippen LogP contribution in [-0.2, 0) is 0 Å². The monoisotopic (exact) mass is 262 g/mol. The van der Waals surface area contributed by atoms with E-state index in [-0.39, 0.29) is 11.9 Å². The van der Waals surface area contributed by atoms with Crippen molar-refractivity contribution in [2.75, 3.05) is 0 Å². The predicted octanol–water partition coefficient (Wildman–Crippen LogP) is 3.27. The molecule has 0 aliphatic heterocycles. The van der Waals surface area contributed by atoms with Crippen LogP contribution in [0.1, 0.15) is 12.8 Å². The molecule has 0 N–H and O–H groups in total. The van der Waals surface area contributed by atoms with Crippen LogP contribution in [0.15, 0.2) is 18.2 Å². The maximum Gasteiger partial charge on any atom is 0.200 e. The van der Waals surface area contributed by atoms with Gasteiger partial charge >= 0.3 is 0 Å². The van der Waals surface area contributed by atoms with E-state index in [1.165, 1.54) is 12.1 Å². The normalized spacial score (nSPS) is 25.6. The van der Waals surface area contributed by atoms with Gasteiger partial charge in [0.05, 0.1) is 0 Å². The maximum absolute atomic E-state index is 13.1. The molecule has 1 aromatic rings. The topological polar surface area (TPSA) is 9.23 Å². The highest BCUT2D eigenvalue weighted by atomic mass is 79.9. The van der Waals surface area contributed by atoms with Gasteiger partial charge in [0.15, 0.2) is 11.6 Å². The summed E-state index contributed by atoms with van der Waals surface area (Å²) in [5.41, 5.74) is 0. The Morgan fingerprint density at radius 2 is 2.00 bits per heavy atom. The minimum absolute atomic E-state index is 0.00870. The first kappa shape index (κ1) is 9.90. The number of alkyl halides is 1. The molecule has 0 aromatic heterocycles. The molecule has 76 valence electrons. The van der Waals surface area contributed by atoms with E-state index >= 15 is 0 Å². The molecule has 1 aliphatic rings. The van der Waals surface area contributed by atoms with Crippen LogP contribution in [0.4, 0.5) is 8.78 Å². The Balaban J connectivity index is 2.06. The molecule has 0 atom stereocenters. The maximum atomic E-state index is 13.1. The molecule has 1 aliphatic carbocycles. The second-order valence-electron chi connectivity index (χ2n) is 3.36. The largest absolute Gasteiger partial charge is 0.487 e. The molecular formula is C10H9BrF2O. The van der Waals surface area contributed by atoms with Gasteiger partial charge in [-0.3, -0.25) is 0 Å². The van der Waals surface area contributed by atoms with Crippen molar-refractivity contribution in [1.82, 2.24) is 0 Å². The summed E-state index contributed by atoms with van der Waals surface area (Å²) in [5.74, 6) is -1.75. The Bertz CT molecular complexity index is 337. The molecule has 1 nitrogen and oxygen atoms in total. The van der Waals surface area contributed by atoms with Crippen molar-refractivity contribution in [1.29, 1.82) is 0 Å². The molecule has 14 heavy (non-hydrogen) atoms. The minimum Gasteiger partial charge on any atom is -0.487 e. The fourth-order valence-electron chi connectivity index (χ4n) is 1.35. The highest BCUT2D eigenvalue weighted by Gasteiger charge is 2.29. The Labute approximate surface area is 89.2 Å². The molecule has 4 heteroatoms. The summed E-state index contributed by atoms with van der Waals surface area (Å²) >= 11 is 3.40. The van der Waals surface area contributed by atoms with Crippen LogP contribution in [0.5, 0.6) is 5.75 Å². The predicted molar refractivity (Wildman–Crippen MR) is 52.7 cm³/mol. The van der Waals surface area contributed by atoms with Gasteiger partial charge in [-0.25, -0.2) is 4.39 Å². The van der Waals surface area contributed by atoms with Gasteiger partial charge in [-0.15, -0.1) is 0 Å². The van der Waals surface area contributed by atoms with Gasteiger partial charge < -0.3 is 4.74 Å². The first-order valence-electron chi connectivity index (χ1n) is 4.41. The average molecular weight is 263 g/mol. The van der Waals surface area contributed by atoms with E-state index in [4.69, 9.17) is 4.74 Å². The number of hydrogen-bond acceptors (Lipinski definition) is 1. The molecule has 1 fully saturated rings. The summed E-state index contributed by atoms with van der Waals surface area (Å²) in [6.07, 6.45) is 1.70. The summed E-state index contributed by atoms with van der Waals surface area (Å²) in [7, 11) is 0. The van der Waals surface area contributed by atoms with E-state index in [9.17, 15) is 8.78 Å². The van der Waals surface area contributed by atoms with Crippen LogP contribution in [0.2, 0.25) is 0 Å². The molecule has 1 saturated carbocycles. The number of ether oxygens (including phenoxy) is 1. The van der Waals surface area contributed by atoms with Crippen LogP contribution < -0.4 is 4.74 Å². The van der Waals surface area contributed by atoms with Crippen LogP contribution in [-0.4, -0.2) is 10.9 Å². The zero-order valence-electron chi connectivity index (χ0n) is 7.34. The summed E-state index contributed by atoms with van der Waals surface area (Å²) in [5, 5.41) is 0. The third kappa shape index (κ3) is 1.90. The fraction of sp³-hybridized carbons (Fsp3) is 0.400. The zero-order chi connectivity index (χ0) is 10.1. The lowest BCUT2D eigenvalue weighted by Gasteiger charge is -2.31. The van der Waals surface area contributed by atoms with Gasteiger partial charge in [-0.1, -0.05) is 22.0 Å². The Morgan fingerprint density at radius 3 is 2.64 bits per heavy atom. The lowest BCUT2D eigenvalue weighted by molar-refractivity contribution is 0.121. The third-order valence-corrected chi connectivity index (χ3v) is 2.99. The van der Waals surface area contributed by atoms with E-state index in [1.54, 1.807) is 0 Å². The quantitative estimate of drug-likeness (QED) is 0.744. The molecule has 0 radical (unpaired) electrons. The summed E-state index contributed by atoms with van der Waals surface area (Å²) in [6.45, 7) is 0.